The highest BCUT2D eigenvalue weighted by Gasteiger charge is 2.63. The van der Waals surface area contributed by atoms with Crippen LogP contribution in [0.4, 0.5) is 0 Å². The predicted molar refractivity (Wildman–Crippen MR) is 488 cm³/mol. The topological polar surface area (TPSA) is 236 Å². The number of ketones is 1. The Morgan fingerprint density at radius 3 is 1.77 bits per heavy atom. The van der Waals surface area contributed by atoms with E-state index in [0.29, 0.717) is 63.4 Å². The molecule has 1 N–H and O–H groups in total. The summed E-state index contributed by atoms with van der Waals surface area (Å²) in [5, 5.41) is 13.2. The van der Waals surface area contributed by atoms with Gasteiger partial charge in [0.1, 0.15) is 36.3 Å². The molecule has 0 aromatic heterocycles. The van der Waals surface area contributed by atoms with Crippen molar-refractivity contribution >= 4 is 65.3 Å². The van der Waals surface area contributed by atoms with E-state index in [2.05, 4.69) is 169 Å². The van der Waals surface area contributed by atoms with Gasteiger partial charge in [-0.2, -0.15) is 0 Å². The lowest BCUT2D eigenvalue weighted by Gasteiger charge is -2.56. The van der Waals surface area contributed by atoms with E-state index >= 15 is 9.59 Å². The Labute approximate surface area is 731 Å². The lowest BCUT2D eigenvalue weighted by molar-refractivity contribution is -0.354. The molecule has 690 valence electrons. The third-order valence-electron chi connectivity index (χ3n) is 30.0. The third kappa shape index (κ3) is 26.3. The second-order valence-corrected chi connectivity index (χ2v) is 64.2. The molecule has 0 radical (unpaired) electrons. The SMILES string of the molecule is C=C/C=C/[C@H](CC(=C)C[C@H]1O[C@H]2C(O[Si](CC)(CC)CC)[C@@]3(OC)C[C@H](O[Si](C)(C)C(C)(C)C)[C@H](C)[C@@H](CCCC=C[C@H]4C[C@H](O[Si](C)(C)C(C)(C)C)C[C@]5(C[C@@H](OC)C[C@@H](CC(=O)[C@@H](C)[C@@H](OC(C)=O)[C@H](C)C(=C)C[C@H]6C[C@](C)(O[Si](CC)(CC)CC)C[C@@]7(C[C@@H](OC(C)=O)C[C@H](CC(=O)O[C@H]([C@H]2C)[C@@H]1O)O7)O6)O5)O4)O3)O[Si](CC)(CC)CC. The van der Waals surface area contributed by atoms with E-state index in [-0.39, 0.29) is 91.1 Å². The summed E-state index contributed by atoms with van der Waals surface area (Å²) in [6.07, 6.45) is 4.34. The average molecular weight is 1770 g/mol. The number of rotatable bonds is 29. The number of carbonyl (C=O) groups is 4. The Morgan fingerprint density at radius 1 is 0.650 bits per heavy atom. The number of aliphatic hydroxyl groups excluding tert-OH is 1. The summed E-state index contributed by atoms with van der Waals surface area (Å²) in [5.41, 5.74) is 0.590. The van der Waals surface area contributed by atoms with E-state index in [4.69, 9.17) is 87.4 Å². The first-order valence-corrected chi connectivity index (χ1v) is 60.0. The number of hydrogen-bond acceptors (Lipinski definition) is 21. The number of hydrogen-bond donors (Lipinski definition) is 1. The van der Waals surface area contributed by atoms with Crippen molar-refractivity contribution in [3.8, 4) is 0 Å². The zero-order chi connectivity index (χ0) is 89.7. The molecule has 26 heteroatoms. The standard InChI is InChI=1S/C94H168O21Si5/c1-32-42-46-72(112-118(33-2,34-3)35-4)49-63(11)50-81-84(99)86-68(16)87(104-81)88(114-119(36-5,37-6)38-7)94(101-27)61-82(113-117(30,31)90(22,23)24)67(15)80(110-94)48-45-43-44-47-71-52-78(111-116(28,29)89(19,20)21)60-92(106-71)58-75(100-26)53-73(107-92)55-79(97)66(14)85(103-70(18)96)65(13)64(12)51-77-57-91(25,115-120(39-8,40-9)41-10)62-93(109-77)59-76(102-69(17)95)54-74(108-93)56-83(98)105-86/h32,42,44,46-47,65-68,71-78,80-82,84-88,99H,1,11-12,33-41,43,45,48-62H2,2-10,13-31H3/b46-42+,47-44?/t65-,66-,67-,68-,71+,72-,73+,74-,75+,76+,77+,78+,80-,81-,82+,84-,85+,86-,87-,88?,91+,92-,93-,94-/m1/s1. The fourth-order valence-corrected chi connectivity index (χ4v) is 31.6. The highest BCUT2D eigenvalue weighted by molar-refractivity contribution is 6.75. The quantitative estimate of drug-likeness (QED) is 0.0241. The van der Waals surface area contributed by atoms with Crippen molar-refractivity contribution in [1.82, 2.24) is 0 Å². The first-order valence-electron chi connectivity index (χ1n) is 46.6. The molecule has 7 heterocycles. The number of esters is 3. The summed E-state index contributed by atoms with van der Waals surface area (Å²) in [6.45, 7) is 68.9. The van der Waals surface area contributed by atoms with Gasteiger partial charge < -0.3 is 79.3 Å². The van der Waals surface area contributed by atoms with Crippen LogP contribution in [0.2, 0.25) is 90.7 Å². The van der Waals surface area contributed by atoms with Crippen LogP contribution < -0.4 is 0 Å². The molecule has 0 amide bonds. The van der Waals surface area contributed by atoms with Crippen LogP contribution in [0.25, 0.3) is 0 Å². The summed E-state index contributed by atoms with van der Waals surface area (Å²) < 4.78 is 116. The number of ether oxygens (including phenoxy) is 11. The third-order valence-corrected chi connectivity index (χ3v) is 53.2. The summed E-state index contributed by atoms with van der Waals surface area (Å²) in [7, 11) is -8.88. The maximum absolute atomic E-state index is 15.8. The molecule has 10 bridgehead atoms. The van der Waals surface area contributed by atoms with Crippen molar-refractivity contribution < 1.29 is 98.5 Å². The second kappa shape index (κ2) is 43.6. The van der Waals surface area contributed by atoms with E-state index in [9.17, 15) is 14.7 Å². The van der Waals surface area contributed by atoms with Gasteiger partial charge in [0, 0.05) is 110 Å². The minimum absolute atomic E-state index is 0.00351. The largest absolute Gasteiger partial charge is 0.462 e. The van der Waals surface area contributed by atoms with E-state index < -0.39 is 173 Å². The molecule has 6 saturated heterocycles. The van der Waals surface area contributed by atoms with Gasteiger partial charge in [-0.25, -0.2) is 0 Å². The Bertz CT molecular complexity index is 3370. The van der Waals surface area contributed by atoms with Crippen LogP contribution in [0.15, 0.2) is 61.3 Å². The van der Waals surface area contributed by atoms with E-state index in [1.165, 1.54) is 13.8 Å². The number of fused-ring (bicyclic) bond motifs is 8. The number of aliphatic hydroxyl groups is 1. The maximum Gasteiger partial charge on any atom is 0.308 e. The minimum Gasteiger partial charge on any atom is -0.462 e. The normalized spacial score (nSPS) is 35.8. The van der Waals surface area contributed by atoms with E-state index in [1.807, 2.05) is 26.8 Å². The molecule has 0 aromatic carbocycles. The van der Waals surface area contributed by atoms with Crippen LogP contribution >= 0.6 is 0 Å². The lowest BCUT2D eigenvalue weighted by atomic mass is 9.78. The Kier molecular flexibility index (Phi) is 37.9. The molecule has 24 atom stereocenters. The molecule has 0 aliphatic carbocycles. The van der Waals surface area contributed by atoms with Crippen molar-refractivity contribution in [1.29, 1.82) is 0 Å². The number of allylic oxidation sites excluding steroid dienone is 3. The van der Waals surface area contributed by atoms with Gasteiger partial charge in [0.25, 0.3) is 0 Å². The highest BCUT2D eigenvalue weighted by atomic mass is 28.4. The van der Waals surface area contributed by atoms with Gasteiger partial charge in [-0.3, -0.25) is 19.2 Å². The second-order valence-electron chi connectivity index (χ2n) is 40.6. The zero-order valence-corrected chi connectivity index (χ0v) is 85.1. The van der Waals surface area contributed by atoms with Gasteiger partial charge in [0.15, 0.2) is 58.9 Å². The van der Waals surface area contributed by atoms with Gasteiger partial charge >= 0.3 is 17.9 Å². The molecule has 7 aliphatic heterocycles. The predicted octanol–water partition coefficient (Wildman–Crippen LogP) is 21.1. The Balaban J connectivity index is 1.45. The first kappa shape index (κ1) is 104. The number of methoxy groups -OCH3 is 2. The number of carbonyl (C=O) groups excluding carboxylic acids is 4. The fourth-order valence-electron chi connectivity index (χ4n) is 20.0. The van der Waals surface area contributed by atoms with Crippen LogP contribution in [0, 0.1) is 23.7 Å². The average Bonchev–Trinajstić information content (AvgIpc) is 0.745. The lowest BCUT2D eigenvalue weighted by Crippen LogP contribution is -2.69. The molecule has 7 rings (SSSR count). The van der Waals surface area contributed by atoms with Gasteiger partial charge in [-0.1, -0.05) is 193 Å². The fraction of sp³-hybridized carbons (Fsp3) is 0.851. The molecule has 0 saturated carbocycles. The summed E-state index contributed by atoms with van der Waals surface area (Å²) in [5.74, 6) is -8.26. The minimum atomic E-state index is -2.75. The molecule has 0 aromatic rings. The number of Topliss-reactive ketones (excluding diaryl/α,β-unsaturated/α-hetero) is 1. The monoisotopic (exact) mass is 1770 g/mol. The molecule has 21 nitrogen and oxygen atoms in total. The van der Waals surface area contributed by atoms with E-state index in [1.54, 1.807) is 20.3 Å². The summed E-state index contributed by atoms with van der Waals surface area (Å²) >= 11 is 0. The molecule has 1 unspecified atom stereocenters. The maximum atomic E-state index is 15.8. The molecule has 6 fully saturated rings. The van der Waals surface area contributed by atoms with Crippen LogP contribution in [0.3, 0.4) is 0 Å². The van der Waals surface area contributed by atoms with Crippen molar-refractivity contribution in [2.45, 2.75) is 473 Å². The molecule has 2 spiro atoms. The Morgan fingerprint density at radius 2 is 1.21 bits per heavy atom. The van der Waals surface area contributed by atoms with Crippen LogP contribution in [-0.2, 0) is 93.4 Å². The van der Waals surface area contributed by atoms with Crippen molar-refractivity contribution in [2.75, 3.05) is 14.2 Å². The van der Waals surface area contributed by atoms with Gasteiger partial charge in [0.05, 0.1) is 85.1 Å². The van der Waals surface area contributed by atoms with Crippen molar-refractivity contribution in [3.05, 3.63) is 61.3 Å². The van der Waals surface area contributed by atoms with Crippen LogP contribution in [0.5, 0.6) is 0 Å². The van der Waals surface area contributed by atoms with Crippen molar-refractivity contribution in [2.24, 2.45) is 23.7 Å². The summed E-state index contributed by atoms with van der Waals surface area (Å²) in [4.78, 5) is 58.0. The van der Waals surface area contributed by atoms with E-state index in [0.717, 1.165) is 66.4 Å². The highest BCUT2D eigenvalue weighted by Crippen LogP contribution is 2.54. The molecular formula is C94H168O21Si5. The Hall–Kier alpha value is -2.70. The van der Waals surface area contributed by atoms with Gasteiger partial charge in [0.2, 0.25) is 0 Å². The molecule has 120 heavy (non-hydrogen) atoms. The summed E-state index contributed by atoms with van der Waals surface area (Å²) in [6, 6.07) is 7.73. The van der Waals surface area contributed by atoms with Gasteiger partial charge in [-0.15, -0.1) is 0 Å². The van der Waals surface area contributed by atoms with Crippen LogP contribution in [-0.4, -0.2) is 205 Å². The van der Waals surface area contributed by atoms with Gasteiger partial charge in [-0.05, 0) is 136 Å². The van der Waals surface area contributed by atoms with Crippen molar-refractivity contribution in [3.63, 3.8) is 0 Å². The first-order chi connectivity index (χ1) is 56.0. The van der Waals surface area contributed by atoms with Crippen LogP contribution in [0.1, 0.15) is 261 Å². The molecule has 7 aliphatic rings. The zero-order valence-electron chi connectivity index (χ0n) is 80.1. The molecular weight excluding hydrogens is 1610 g/mol. The smallest absolute Gasteiger partial charge is 0.308 e.